The summed E-state index contributed by atoms with van der Waals surface area (Å²) >= 11 is 0. The number of hydrogen-bond donors (Lipinski definition) is 0. The summed E-state index contributed by atoms with van der Waals surface area (Å²) in [5.41, 5.74) is 0.632. The van der Waals surface area contributed by atoms with Gasteiger partial charge in [0.1, 0.15) is 11.5 Å². The quantitative estimate of drug-likeness (QED) is 0.686. The molecular formula is C21H19F4N3O2. The number of hydrazone groups is 1. The molecule has 0 bridgehead atoms. The fraction of sp³-hybridized carbons (Fsp3) is 0.286. The predicted octanol–water partition coefficient (Wildman–Crippen LogP) is 3.98. The van der Waals surface area contributed by atoms with Crippen LogP contribution in [0.2, 0.25) is 0 Å². The molecule has 0 aromatic heterocycles. The Labute approximate surface area is 170 Å². The van der Waals surface area contributed by atoms with Gasteiger partial charge in [-0.2, -0.15) is 18.3 Å². The summed E-state index contributed by atoms with van der Waals surface area (Å²) in [6.07, 6.45) is -4.13. The van der Waals surface area contributed by atoms with Crippen LogP contribution in [0.1, 0.15) is 29.5 Å². The molecule has 30 heavy (non-hydrogen) atoms. The first-order valence-electron chi connectivity index (χ1n) is 9.17. The Morgan fingerprint density at radius 2 is 1.63 bits per heavy atom. The first kappa shape index (κ1) is 21.5. The molecule has 0 aliphatic carbocycles. The minimum atomic E-state index is -4.42. The first-order valence-corrected chi connectivity index (χ1v) is 9.17. The molecule has 158 valence electrons. The number of rotatable bonds is 5. The number of nitrogens with zero attached hydrogens (tertiary/aromatic N) is 3. The highest BCUT2D eigenvalue weighted by atomic mass is 19.4. The van der Waals surface area contributed by atoms with E-state index in [9.17, 15) is 27.2 Å². The molecule has 9 heteroatoms. The Morgan fingerprint density at radius 1 is 1.03 bits per heavy atom. The summed E-state index contributed by atoms with van der Waals surface area (Å²) in [4.78, 5) is 26.2. The number of halogens is 4. The predicted molar refractivity (Wildman–Crippen MR) is 102 cm³/mol. The van der Waals surface area contributed by atoms with Gasteiger partial charge in [0.05, 0.1) is 12.1 Å². The zero-order valence-electron chi connectivity index (χ0n) is 16.1. The standard InChI is InChI=1S/C21H19F4N3O2/c1-27(12-14-2-6-16(7-3-14)21(23,24)25)20(30)18-10-11-19(29)28(26-18)13-15-4-8-17(22)9-5-15/h2-9H,10-13H2,1H3. The van der Waals surface area contributed by atoms with E-state index in [-0.39, 0.29) is 37.6 Å². The van der Waals surface area contributed by atoms with Crippen LogP contribution < -0.4 is 0 Å². The van der Waals surface area contributed by atoms with Gasteiger partial charge >= 0.3 is 6.18 Å². The van der Waals surface area contributed by atoms with Crippen molar-refractivity contribution in [2.24, 2.45) is 5.10 Å². The van der Waals surface area contributed by atoms with Gasteiger partial charge in [0.15, 0.2) is 0 Å². The van der Waals surface area contributed by atoms with Crippen molar-refractivity contribution < 1.29 is 27.2 Å². The molecule has 0 spiro atoms. The number of benzene rings is 2. The van der Waals surface area contributed by atoms with Gasteiger partial charge in [-0.15, -0.1) is 0 Å². The average molecular weight is 421 g/mol. The molecule has 3 rings (SSSR count). The van der Waals surface area contributed by atoms with Crippen molar-refractivity contribution in [2.75, 3.05) is 7.05 Å². The van der Waals surface area contributed by atoms with E-state index in [4.69, 9.17) is 0 Å². The van der Waals surface area contributed by atoms with E-state index in [1.807, 2.05) is 0 Å². The zero-order valence-corrected chi connectivity index (χ0v) is 16.1. The molecule has 1 heterocycles. The van der Waals surface area contributed by atoms with Crippen LogP contribution in [-0.2, 0) is 28.9 Å². The summed E-state index contributed by atoms with van der Waals surface area (Å²) in [5.74, 6) is -1.05. The van der Waals surface area contributed by atoms with Crippen molar-refractivity contribution in [3.8, 4) is 0 Å². The normalized spacial score (nSPS) is 14.5. The molecule has 0 saturated heterocycles. The fourth-order valence-electron chi connectivity index (χ4n) is 3.01. The van der Waals surface area contributed by atoms with Gasteiger partial charge in [-0.05, 0) is 35.4 Å². The van der Waals surface area contributed by atoms with Crippen molar-refractivity contribution in [3.05, 3.63) is 71.0 Å². The van der Waals surface area contributed by atoms with Gasteiger partial charge in [0.2, 0.25) is 5.91 Å². The number of amides is 2. The zero-order chi connectivity index (χ0) is 21.9. The van der Waals surface area contributed by atoms with Crippen molar-refractivity contribution in [1.82, 2.24) is 9.91 Å². The van der Waals surface area contributed by atoms with Crippen LogP contribution in [0.4, 0.5) is 17.6 Å². The largest absolute Gasteiger partial charge is 0.416 e. The van der Waals surface area contributed by atoms with Gasteiger partial charge in [-0.3, -0.25) is 9.59 Å². The topological polar surface area (TPSA) is 53.0 Å². The molecule has 2 aromatic rings. The van der Waals surface area contributed by atoms with Crippen LogP contribution in [0.25, 0.3) is 0 Å². The lowest BCUT2D eigenvalue weighted by Gasteiger charge is -2.25. The maximum atomic E-state index is 13.0. The van der Waals surface area contributed by atoms with Crippen LogP contribution in [-0.4, -0.2) is 34.5 Å². The third kappa shape index (κ3) is 5.22. The Hall–Kier alpha value is -3.23. The van der Waals surface area contributed by atoms with E-state index >= 15 is 0 Å². The van der Waals surface area contributed by atoms with Crippen LogP contribution in [0.5, 0.6) is 0 Å². The second-order valence-corrected chi connectivity index (χ2v) is 6.98. The maximum Gasteiger partial charge on any atom is 0.416 e. The van der Waals surface area contributed by atoms with E-state index in [2.05, 4.69) is 5.10 Å². The highest BCUT2D eigenvalue weighted by Gasteiger charge is 2.30. The lowest BCUT2D eigenvalue weighted by Crippen LogP contribution is -2.39. The first-order chi connectivity index (χ1) is 14.1. The second-order valence-electron chi connectivity index (χ2n) is 6.98. The minimum Gasteiger partial charge on any atom is -0.336 e. The molecule has 0 radical (unpaired) electrons. The molecule has 0 unspecified atom stereocenters. The summed E-state index contributed by atoms with van der Waals surface area (Å²) in [5, 5.41) is 5.33. The lowest BCUT2D eigenvalue weighted by molar-refractivity contribution is -0.137. The highest BCUT2D eigenvalue weighted by Crippen LogP contribution is 2.29. The lowest BCUT2D eigenvalue weighted by atomic mass is 10.1. The third-order valence-corrected chi connectivity index (χ3v) is 4.65. The molecule has 2 aromatic carbocycles. The Bertz CT molecular complexity index is 954. The monoisotopic (exact) mass is 421 g/mol. The molecule has 1 aliphatic rings. The minimum absolute atomic E-state index is 0.0991. The van der Waals surface area contributed by atoms with E-state index in [1.165, 1.54) is 53.4 Å². The van der Waals surface area contributed by atoms with E-state index < -0.39 is 23.5 Å². The number of hydrogen-bond acceptors (Lipinski definition) is 3. The molecular weight excluding hydrogens is 402 g/mol. The molecule has 0 fully saturated rings. The Morgan fingerprint density at radius 3 is 2.23 bits per heavy atom. The molecule has 2 amide bonds. The van der Waals surface area contributed by atoms with Gasteiger partial charge in [-0.25, -0.2) is 9.40 Å². The smallest absolute Gasteiger partial charge is 0.336 e. The summed E-state index contributed by atoms with van der Waals surface area (Å²) in [7, 11) is 1.52. The number of carbonyl (C=O) groups is 2. The SMILES string of the molecule is CN(Cc1ccc(C(F)(F)F)cc1)C(=O)C1=NN(Cc2ccc(F)cc2)C(=O)CC1. The Balaban J connectivity index is 1.68. The van der Waals surface area contributed by atoms with Crippen LogP contribution in [0.3, 0.4) is 0 Å². The van der Waals surface area contributed by atoms with Gasteiger partial charge in [0.25, 0.3) is 5.91 Å². The molecule has 0 saturated carbocycles. The van der Waals surface area contributed by atoms with E-state index in [0.29, 0.717) is 11.1 Å². The third-order valence-electron chi connectivity index (χ3n) is 4.65. The molecule has 0 atom stereocenters. The van der Waals surface area contributed by atoms with Crippen LogP contribution >= 0.6 is 0 Å². The van der Waals surface area contributed by atoms with E-state index in [0.717, 1.165) is 12.1 Å². The van der Waals surface area contributed by atoms with Crippen molar-refractivity contribution in [3.63, 3.8) is 0 Å². The molecule has 1 aliphatic heterocycles. The summed E-state index contributed by atoms with van der Waals surface area (Å²) in [6.45, 7) is 0.209. The molecule has 0 N–H and O–H groups in total. The van der Waals surface area contributed by atoms with Crippen LogP contribution in [0.15, 0.2) is 53.6 Å². The highest BCUT2D eigenvalue weighted by molar-refractivity contribution is 6.39. The van der Waals surface area contributed by atoms with Crippen LogP contribution in [0, 0.1) is 5.82 Å². The van der Waals surface area contributed by atoms with Gasteiger partial charge < -0.3 is 4.90 Å². The summed E-state index contributed by atoms with van der Waals surface area (Å²) < 4.78 is 51.0. The number of alkyl halides is 3. The van der Waals surface area contributed by atoms with Crippen molar-refractivity contribution >= 4 is 17.5 Å². The van der Waals surface area contributed by atoms with Crippen molar-refractivity contribution in [1.29, 1.82) is 0 Å². The molecule has 5 nitrogen and oxygen atoms in total. The van der Waals surface area contributed by atoms with Gasteiger partial charge in [0, 0.05) is 26.4 Å². The second kappa shape index (κ2) is 8.64. The van der Waals surface area contributed by atoms with Gasteiger partial charge in [-0.1, -0.05) is 24.3 Å². The average Bonchev–Trinajstić information content (AvgIpc) is 2.70. The Kier molecular flexibility index (Phi) is 6.19. The van der Waals surface area contributed by atoms with E-state index in [1.54, 1.807) is 0 Å². The van der Waals surface area contributed by atoms with Crippen molar-refractivity contribution in [2.45, 2.75) is 32.1 Å². The number of carbonyl (C=O) groups excluding carboxylic acids is 2. The fourth-order valence-corrected chi connectivity index (χ4v) is 3.01. The maximum absolute atomic E-state index is 13.0. The summed E-state index contributed by atoms with van der Waals surface area (Å²) in [6, 6.07) is 10.2.